The lowest BCUT2D eigenvalue weighted by Crippen LogP contribution is -2.31. The summed E-state index contributed by atoms with van der Waals surface area (Å²) in [6.45, 7) is 3.43. The molecular formula is C17H20FN3. The quantitative estimate of drug-likeness (QED) is 0.863. The lowest BCUT2D eigenvalue weighted by molar-refractivity contribution is 0.231. The predicted octanol–water partition coefficient (Wildman–Crippen LogP) is 3.31. The average molecular weight is 285 g/mol. The molecule has 0 aliphatic carbocycles. The van der Waals surface area contributed by atoms with Crippen LogP contribution in [-0.2, 0) is 6.42 Å². The van der Waals surface area contributed by atoms with Crippen LogP contribution in [-0.4, -0.2) is 34.5 Å². The van der Waals surface area contributed by atoms with Crippen molar-refractivity contribution < 1.29 is 4.39 Å². The molecule has 21 heavy (non-hydrogen) atoms. The Morgan fingerprint density at radius 3 is 2.57 bits per heavy atom. The summed E-state index contributed by atoms with van der Waals surface area (Å²) in [6.07, 6.45) is 8.34. The van der Waals surface area contributed by atoms with Gasteiger partial charge in [-0.15, -0.1) is 0 Å². The Hall–Kier alpha value is -1.81. The van der Waals surface area contributed by atoms with Crippen molar-refractivity contribution in [2.24, 2.45) is 0 Å². The summed E-state index contributed by atoms with van der Waals surface area (Å²) in [6, 6.07) is 6.52. The van der Waals surface area contributed by atoms with Gasteiger partial charge in [0, 0.05) is 18.3 Å². The molecule has 2 aromatic rings. The van der Waals surface area contributed by atoms with Crippen LogP contribution in [0.15, 0.2) is 36.8 Å². The number of halogens is 1. The molecule has 0 atom stereocenters. The van der Waals surface area contributed by atoms with E-state index in [0.29, 0.717) is 0 Å². The lowest BCUT2D eigenvalue weighted by Gasteiger charge is -2.26. The Labute approximate surface area is 124 Å². The Bertz CT molecular complexity index is 577. The Kier molecular flexibility index (Phi) is 4.55. The van der Waals surface area contributed by atoms with Gasteiger partial charge in [-0.25, -0.2) is 14.4 Å². The number of likely N-dealkylation sites (tertiary alicyclic amines) is 1. The number of benzene rings is 1. The molecule has 4 heteroatoms. The molecule has 0 N–H and O–H groups in total. The van der Waals surface area contributed by atoms with Crippen molar-refractivity contribution in [3.05, 3.63) is 48.2 Å². The Morgan fingerprint density at radius 2 is 1.81 bits per heavy atom. The van der Waals surface area contributed by atoms with Crippen molar-refractivity contribution in [3.8, 4) is 11.3 Å². The van der Waals surface area contributed by atoms with Gasteiger partial charge in [0.05, 0.1) is 5.69 Å². The van der Waals surface area contributed by atoms with Crippen LogP contribution in [0.4, 0.5) is 4.39 Å². The molecule has 0 spiro atoms. The van der Waals surface area contributed by atoms with Crippen LogP contribution in [0, 0.1) is 5.82 Å². The highest BCUT2D eigenvalue weighted by Crippen LogP contribution is 2.21. The average Bonchev–Trinajstić information content (AvgIpc) is 2.55. The molecule has 0 unspecified atom stereocenters. The lowest BCUT2D eigenvalue weighted by atomic mass is 10.0. The molecule has 3 nitrogen and oxygen atoms in total. The number of rotatable bonds is 4. The minimum Gasteiger partial charge on any atom is -0.303 e. The molecule has 1 fully saturated rings. The maximum absolute atomic E-state index is 13.1. The second-order valence-corrected chi connectivity index (χ2v) is 5.56. The summed E-state index contributed by atoms with van der Waals surface area (Å²) in [5.74, 6) is -0.220. The van der Waals surface area contributed by atoms with E-state index in [1.54, 1.807) is 18.5 Å². The topological polar surface area (TPSA) is 29.0 Å². The summed E-state index contributed by atoms with van der Waals surface area (Å²) in [7, 11) is 0. The second-order valence-electron chi connectivity index (χ2n) is 5.56. The van der Waals surface area contributed by atoms with Gasteiger partial charge in [0.15, 0.2) is 0 Å². The van der Waals surface area contributed by atoms with E-state index in [4.69, 9.17) is 0 Å². The van der Waals surface area contributed by atoms with E-state index in [1.165, 1.54) is 44.5 Å². The Balaban J connectivity index is 1.74. The molecule has 1 aliphatic heterocycles. The molecule has 1 aromatic heterocycles. The van der Waals surface area contributed by atoms with Crippen molar-refractivity contribution in [3.63, 3.8) is 0 Å². The third-order valence-corrected chi connectivity index (χ3v) is 4.05. The van der Waals surface area contributed by atoms with Crippen molar-refractivity contribution in [1.82, 2.24) is 14.9 Å². The smallest absolute Gasteiger partial charge is 0.123 e. The fourth-order valence-corrected chi connectivity index (χ4v) is 2.87. The van der Waals surface area contributed by atoms with Gasteiger partial charge in [-0.2, -0.15) is 0 Å². The first-order chi connectivity index (χ1) is 10.3. The first-order valence-corrected chi connectivity index (χ1v) is 7.60. The molecule has 1 aromatic carbocycles. The minimum atomic E-state index is -0.220. The van der Waals surface area contributed by atoms with Crippen LogP contribution in [0.5, 0.6) is 0 Å². The maximum atomic E-state index is 13.1. The van der Waals surface area contributed by atoms with Crippen LogP contribution in [0.25, 0.3) is 11.3 Å². The van der Waals surface area contributed by atoms with Crippen molar-refractivity contribution in [2.45, 2.75) is 25.7 Å². The molecule has 1 saturated heterocycles. The summed E-state index contributed by atoms with van der Waals surface area (Å²) in [5, 5.41) is 0. The molecule has 0 radical (unpaired) electrons. The van der Waals surface area contributed by atoms with Gasteiger partial charge >= 0.3 is 0 Å². The van der Waals surface area contributed by atoms with Gasteiger partial charge in [0.25, 0.3) is 0 Å². The first-order valence-electron chi connectivity index (χ1n) is 7.60. The third kappa shape index (κ3) is 3.64. The predicted molar refractivity (Wildman–Crippen MR) is 81.4 cm³/mol. The van der Waals surface area contributed by atoms with Gasteiger partial charge in [-0.3, -0.25) is 0 Å². The van der Waals surface area contributed by atoms with E-state index < -0.39 is 0 Å². The molecule has 0 bridgehead atoms. The number of hydrogen-bond acceptors (Lipinski definition) is 3. The van der Waals surface area contributed by atoms with Crippen LogP contribution in [0.2, 0.25) is 0 Å². The zero-order valence-electron chi connectivity index (χ0n) is 12.1. The molecule has 3 rings (SSSR count). The summed E-state index contributed by atoms with van der Waals surface area (Å²) in [5.41, 5.74) is 3.00. The number of nitrogens with zero attached hydrogens (tertiary/aromatic N) is 3. The summed E-state index contributed by atoms with van der Waals surface area (Å²) in [4.78, 5) is 11.0. The van der Waals surface area contributed by atoms with Crippen molar-refractivity contribution >= 4 is 0 Å². The highest BCUT2D eigenvalue weighted by atomic mass is 19.1. The Morgan fingerprint density at radius 1 is 1.05 bits per heavy atom. The van der Waals surface area contributed by atoms with Crippen molar-refractivity contribution in [1.29, 1.82) is 0 Å². The normalized spacial score (nSPS) is 16.0. The molecule has 1 aliphatic rings. The largest absolute Gasteiger partial charge is 0.303 e. The van der Waals surface area contributed by atoms with Crippen LogP contribution < -0.4 is 0 Å². The van der Waals surface area contributed by atoms with E-state index in [1.807, 2.05) is 6.20 Å². The van der Waals surface area contributed by atoms with Crippen LogP contribution in [0.1, 0.15) is 24.8 Å². The molecule has 0 amide bonds. The van der Waals surface area contributed by atoms with E-state index in [2.05, 4.69) is 14.9 Å². The standard InChI is InChI=1S/C17H20FN3/c18-16-6-4-14(5-7-16)17-15(12-19-13-20-17)8-11-21-9-2-1-3-10-21/h4-7,12-13H,1-3,8-11H2. The highest BCUT2D eigenvalue weighted by Gasteiger charge is 2.12. The fraction of sp³-hybridized carbons (Fsp3) is 0.412. The highest BCUT2D eigenvalue weighted by molar-refractivity contribution is 5.62. The van der Waals surface area contributed by atoms with Crippen LogP contribution in [0.3, 0.4) is 0 Å². The molecule has 110 valence electrons. The van der Waals surface area contributed by atoms with E-state index in [9.17, 15) is 4.39 Å². The minimum absolute atomic E-state index is 0.220. The van der Waals surface area contributed by atoms with Gasteiger partial charge in [0.2, 0.25) is 0 Å². The first kappa shape index (κ1) is 14.1. The van der Waals surface area contributed by atoms with E-state index in [-0.39, 0.29) is 5.82 Å². The zero-order chi connectivity index (χ0) is 14.5. The van der Waals surface area contributed by atoms with Gasteiger partial charge in [-0.05, 0) is 62.2 Å². The van der Waals surface area contributed by atoms with Gasteiger partial charge < -0.3 is 4.90 Å². The maximum Gasteiger partial charge on any atom is 0.123 e. The van der Waals surface area contributed by atoms with E-state index >= 15 is 0 Å². The monoisotopic (exact) mass is 285 g/mol. The van der Waals surface area contributed by atoms with Gasteiger partial charge in [-0.1, -0.05) is 6.42 Å². The summed E-state index contributed by atoms with van der Waals surface area (Å²) >= 11 is 0. The van der Waals surface area contributed by atoms with E-state index in [0.717, 1.165) is 29.8 Å². The zero-order valence-corrected chi connectivity index (χ0v) is 12.1. The molecule has 0 saturated carbocycles. The number of aromatic nitrogens is 2. The second kappa shape index (κ2) is 6.76. The van der Waals surface area contributed by atoms with Gasteiger partial charge in [0.1, 0.15) is 12.1 Å². The fourth-order valence-electron chi connectivity index (χ4n) is 2.87. The molecular weight excluding hydrogens is 265 g/mol. The SMILES string of the molecule is Fc1ccc(-c2ncncc2CCN2CCCCC2)cc1. The number of piperidine rings is 1. The molecule has 2 heterocycles. The third-order valence-electron chi connectivity index (χ3n) is 4.05. The van der Waals surface area contributed by atoms with Crippen molar-refractivity contribution in [2.75, 3.05) is 19.6 Å². The van der Waals surface area contributed by atoms with Crippen LogP contribution >= 0.6 is 0 Å². The summed E-state index contributed by atoms with van der Waals surface area (Å²) < 4.78 is 13.1. The number of hydrogen-bond donors (Lipinski definition) is 0.